The first kappa shape index (κ1) is 18.9. The highest BCUT2D eigenvalue weighted by Crippen LogP contribution is 2.19. The molecular weight excluding hydrogens is 363 g/mol. The summed E-state index contributed by atoms with van der Waals surface area (Å²) in [5, 5.41) is 9.69. The summed E-state index contributed by atoms with van der Waals surface area (Å²) in [6.45, 7) is 0.148. The summed E-state index contributed by atoms with van der Waals surface area (Å²) >= 11 is 0. The van der Waals surface area contributed by atoms with Gasteiger partial charge in [-0.2, -0.15) is 0 Å². The van der Waals surface area contributed by atoms with E-state index < -0.39 is 11.8 Å². The van der Waals surface area contributed by atoms with Crippen LogP contribution in [0.25, 0.3) is 0 Å². The van der Waals surface area contributed by atoms with Gasteiger partial charge < -0.3 is 9.84 Å². The number of amides is 2. The fraction of sp³-hybridized carbons (Fsp3) is 0.0476. The Morgan fingerprint density at radius 2 is 1.39 bits per heavy atom. The van der Waals surface area contributed by atoms with Crippen LogP contribution in [0.5, 0.6) is 11.5 Å². The van der Waals surface area contributed by atoms with Gasteiger partial charge in [0.15, 0.2) is 0 Å². The standard InChI is InChI=1S/C21H17FN2O4/c22-15-11-9-14(10-12-15)13-28-19-8-4-2-6-17(19)21(27)24-23-20(26)16-5-1-3-7-18(16)25/h1-12,25H,13H2,(H,23,26)(H,24,27). The Morgan fingerprint density at radius 1 is 0.821 bits per heavy atom. The number of aromatic hydroxyl groups is 1. The molecule has 3 aromatic carbocycles. The van der Waals surface area contributed by atoms with Gasteiger partial charge in [-0.15, -0.1) is 0 Å². The number of phenols is 1. The van der Waals surface area contributed by atoms with Crippen LogP contribution in [0.1, 0.15) is 26.3 Å². The molecule has 6 nitrogen and oxygen atoms in total. The van der Waals surface area contributed by atoms with Crippen molar-refractivity contribution in [2.75, 3.05) is 0 Å². The number of carbonyl (C=O) groups excluding carboxylic acids is 2. The van der Waals surface area contributed by atoms with Crippen LogP contribution < -0.4 is 15.6 Å². The van der Waals surface area contributed by atoms with Crippen molar-refractivity contribution in [1.29, 1.82) is 0 Å². The molecule has 3 aromatic rings. The van der Waals surface area contributed by atoms with E-state index in [9.17, 15) is 19.1 Å². The molecule has 0 spiro atoms. The van der Waals surface area contributed by atoms with Gasteiger partial charge >= 0.3 is 0 Å². The van der Waals surface area contributed by atoms with Crippen molar-refractivity contribution in [1.82, 2.24) is 10.9 Å². The second-order valence-electron chi connectivity index (χ2n) is 5.84. The summed E-state index contributed by atoms with van der Waals surface area (Å²) in [5.74, 6) is -1.48. The van der Waals surface area contributed by atoms with Crippen LogP contribution in [0.2, 0.25) is 0 Å². The van der Waals surface area contributed by atoms with E-state index in [0.717, 1.165) is 5.56 Å². The fourth-order valence-corrected chi connectivity index (χ4v) is 2.44. The van der Waals surface area contributed by atoms with E-state index in [2.05, 4.69) is 10.9 Å². The summed E-state index contributed by atoms with van der Waals surface area (Å²) in [6.07, 6.45) is 0. The van der Waals surface area contributed by atoms with Crippen LogP contribution in [0.15, 0.2) is 72.8 Å². The average molecular weight is 380 g/mol. The highest BCUT2D eigenvalue weighted by Gasteiger charge is 2.15. The van der Waals surface area contributed by atoms with Crippen LogP contribution >= 0.6 is 0 Å². The van der Waals surface area contributed by atoms with Crippen molar-refractivity contribution >= 4 is 11.8 Å². The third-order valence-corrected chi connectivity index (χ3v) is 3.88. The highest BCUT2D eigenvalue weighted by molar-refractivity contribution is 6.01. The van der Waals surface area contributed by atoms with Gasteiger partial charge in [-0.25, -0.2) is 4.39 Å². The molecular formula is C21H17FN2O4. The molecule has 0 atom stereocenters. The molecule has 3 N–H and O–H groups in total. The van der Waals surface area contributed by atoms with Crippen molar-refractivity contribution in [3.05, 3.63) is 95.3 Å². The number of hydrazine groups is 1. The van der Waals surface area contributed by atoms with Crippen LogP contribution in [0.3, 0.4) is 0 Å². The zero-order valence-corrected chi connectivity index (χ0v) is 14.7. The molecule has 28 heavy (non-hydrogen) atoms. The Morgan fingerprint density at radius 3 is 2.07 bits per heavy atom. The van der Waals surface area contributed by atoms with E-state index in [1.807, 2.05) is 0 Å². The lowest BCUT2D eigenvalue weighted by Crippen LogP contribution is -2.41. The molecule has 0 saturated carbocycles. The highest BCUT2D eigenvalue weighted by atomic mass is 19.1. The normalized spacial score (nSPS) is 10.2. The number of halogens is 1. The van der Waals surface area contributed by atoms with Crippen molar-refractivity contribution in [3.63, 3.8) is 0 Å². The molecule has 0 saturated heterocycles. The Hall–Kier alpha value is -3.87. The van der Waals surface area contributed by atoms with E-state index in [0.29, 0.717) is 5.75 Å². The fourth-order valence-electron chi connectivity index (χ4n) is 2.44. The SMILES string of the molecule is O=C(NNC(=O)c1ccccc1OCc1ccc(F)cc1)c1ccccc1O. The summed E-state index contributed by atoms with van der Waals surface area (Å²) in [6, 6.07) is 18.3. The maximum atomic E-state index is 13.0. The topological polar surface area (TPSA) is 87.7 Å². The third-order valence-electron chi connectivity index (χ3n) is 3.88. The predicted octanol–water partition coefficient (Wildman–Crippen LogP) is 3.19. The van der Waals surface area contributed by atoms with Gasteiger partial charge in [-0.1, -0.05) is 36.4 Å². The van der Waals surface area contributed by atoms with Crippen LogP contribution in [0.4, 0.5) is 4.39 Å². The Bertz CT molecular complexity index is 990. The van der Waals surface area contributed by atoms with Crippen LogP contribution in [-0.2, 0) is 6.61 Å². The number of ether oxygens (including phenoxy) is 1. The Labute approximate surface area is 160 Å². The van der Waals surface area contributed by atoms with Gasteiger partial charge in [-0.3, -0.25) is 20.4 Å². The number of nitrogens with one attached hydrogen (secondary N) is 2. The summed E-state index contributed by atoms with van der Waals surface area (Å²) < 4.78 is 18.6. The van der Waals surface area contributed by atoms with Gasteiger partial charge in [0.1, 0.15) is 23.9 Å². The maximum absolute atomic E-state index is 13.0. The molecule has 0 unspecified atom stereocenters. The van der Waals surface area contributed by atoms with Gasteiger partial charge in [0.05, 0.1) is 11.1 Å². The Balaban J connectivity index is 1.64. The number of rotatable bonds is 5. The molecule has 0 radical (unpaired) electrons. The molecule has 0 aromatic heterocycles. The number of para-hydroxylation sites is 2. The summed E-state index contributed by atoms with van der Waals surface area (Å²) in [7, 11) is 0. The molecule has 0 heterocycles. The molecule has 7 heteroatoms. The largest absolute Gasteiger partial charge is 0.507 e. The third kappa shape index (κ3) is 4.64. The van der Waals surface area contributed by atoms with E-state index in [1.54, 1.807) is 48.5 Å². The molecule has 3 rings (SSSR count). The van der Waals surface area contributed by atoms with Crippen molar-refractivity contribution in [3.8, 4) is 11.5 Å². The molecule has 0 aliphatic rings. The van der Waals surface area contributed by atoms with Crippen molar-refractivity contribution < 1.29 is 23.8 Å². The smallest absolute Gasteiger partial charge is 0.273 e. The first-order valence-corrected chi connectivity index (χ1v) is 8.39. The molecule has 2 amide bonds. The predicted molar refractivity (Wildman–Crippen MR) is 100 cm³/mol. The van der Waals surface area contributed by atoms with E-state index in [1.165, 1.54) is 24.3 Å². The van der Waals surface area contributed by atoms with Gasteiger partial charge in [-0.05, 0) is 42.0 Å². The minimum absolute atomic E-state index is 0.0312. The van der Waals surface area contributed by atoms with E-state index >= 15 is 0 Å². The van der Waals surface area contributed by atoms with E-state index in [4.69, 9.17) is 4.74 Å². The monoisotopic (exact) mass is 380 g/mol. The first-order chi connectivity index (χ1) is 13.5. The summed E-state index contributed by atoms with van der Waals surface area (Å²) in [4.78, 5) is 24.5. The van der Waals surface area contributed by atoms with Gasteiger partial charge in [0, 0.05) is 0 Å². The van der Waals surface area contributed by atoms with Gasteiger partial charge in [0.25, 0.3) is 11.8 Å². The Kier molecular flexibility index (Phi) is 5.86. The second kappa shape index (κ2) is 8.68. The van der Waals surface area contributed by atoms with Crippen molar-refractivity contribution in [2.45, 2.75) is 6.61 Å². The molecule has 0 bridgehead atoms. The lowest BCUT2D eigenvalue weighted by atomic mass is 10.2. The first-order valence-electron chi connectivity index (χ1n) is 8.39. The zero-order chi connectivity index (χ0) is 19.9. The average Bonchev–Trinajstić information content (AvgIpc) is 2.72. The van der Waals surface area contributed by atoms with Gasteiger partial charge in [0.2, 0.25) is 0 Å². The van der Waals surface area contributed by atoms with Crippen LogP contribution in [0, 0.1) is 5.82 Å². The number of carbonyl (C=O) groups is 2. The minimum atomic E-state index is -0.656. The second-order valence-corrected chi connectivity index (χ2v) is 5.84. The van der Waals surface area contributed by atoms with Crippen molar-refractivity contribution in [2.24, 2.45) is 0 Å². The molecule has 142 valence electrons. The lowest BCUT2D eigenvalue weighted by molar-refractivity contribution is 0.0842. The maximum Gasteiger partial charge on any atom is 0.273 e. The minimum Gasteiger partial charge on any atom is -0.507 e. The zero-order valence-electron chi connectivity index (χ0n) is 14.7. The molecule has 0 fully saturated rings. The number of hydrogen-bond donors (Lipinski definition) is 3. The molecule has 0 aliphatic heterocycles. The number of phenolic OH excluding ortho intramolecular Hbond substituents is 1. The van der Waals surface area contributed by atoms with E-state index in [-0.39, 0.29) is 29.3 Å². The number of hydrogen-bond acceptors (Lipinski definition) is 4. The quantitative estimate of drug-likeness (QED) is 0.593. The lowest BCUT2D eigenvalue weighted by Gasteiger charge is -2.12. The summed E-state index contributed by atoms with van der Waals surface area (Å²) in [5.41, 5.74) is 5.52. The molecule has 0 aliphatic carbocycles. The number of benzene rings is 3. The van der Waals surface area contributed by atoms with Crippen LogP contribution in [-0.4, -0.2) is 16.9 Å².